The number of esters is 1. The van der Waals surface area contributed by atoms with Crippen LogP contribution in [0, 0.1) is 17.8 Å². The smallest absolute Gasteiger partial charge is 0.306 e. The SMILES string of the molecule is CC(C)OC(=O)CCC/C=C\C[C@@H]1[C@@H](CC[C@@H](O)C2CCCCC2)[C@H](O)C[C@H]1Cl. The topological polar surface area (TPSA) is 66.8 Å². The molecule has 0 aromatic rings. The van der Waals surface area contributed by atoms with E-state index >= 15 is 0 Å². The van der Waals surface area contributed by atoms with Crippen molar-refractivity contribution in [3.05, 3.63) is 12.2 Å². The van der Waals surface area contributed by atoms with Crippen molar-refractivity contribution in [2.75, 3.05) is 0 Å². The van der Waals surface area contributed by atoms with Gasteiger partial charge in [-0.3, -0.25) is 4.79 Å². The van der Waals surface area contributed by atoms with Crippen LogP contribution in [0.3, 0.4) is 0 Å². The highest BCUT2D eigenvalue weighted by Gasteiger charge is 2.40. The zero-order valence-corrected chi connectivity index (χ0v) is 19.0. The molecule has 0 amide bonds. The van der Waals surface area contributed by atoms with Crippen molar-refractivity contribution in [2.24, 2.45) is 17.8 Å². The lowest BCUT2D eigenvalue weighted by Gasteiger charge is -2.29. The summed E-state index contributed by atoms with van der Waals surface area (Å²) in [6.45, 7) is 3.72. The average Bonchev–Trinajstić information content (AvgIpc) is 2.95. The summed E-state index contributed by atoms with van der Waals surface area (Å²) in [5, 5.41) is 21.1. The molecule has 5 heteroatoms. The Morgan fingerprint density at radius 3 is 2.59 bits per heavy atom. The predicted octanol–water partition coefficient (Wildman–Crippen LogP) is 5.38. The number of carbonyl (C=O) groups is 1. The van der Waals surface area contributed by atoms with Crippen LogP contribution in [-0.4, -0.2) is 39.9 Å². The number of alkyl halides is 1. The fraction of sp³-hybridized carbons (Fsp3) is 0.875. The van der Waals surface area contributed by atoms with E-state index in [0.29, 0.717) is 18.8 Å². The maximum atomic E-state index is 11.5. The van der Waals surface area contributed by atoms with E-state index in [1.54, 1.807) is 0 Å². The summed E-state index contributed by atoms with van der Waals surface area (Å²) < 4.78 is 5.14. The highest BCUT2D eigenvalue weighted by Crippen LogP contribution is 2.42. The van der Waals surface area contributed by atoms with Gasteiger partial charge in [0.1, 0.15) is 0 Å². The molecule has 4 nitrogen and oxygen atoms in total. The number of halogens is 1. The Hall–Kier alpha value is -0.580. The summed E-state index contributed by atoms with van der Waals surface area (Å²) in [5.74, 6) is 0.730. The summed E-state index contributed by atoms with van der Waals surface area (Å²) in [6.07, 6.45) is 14.9. The molecule has 168 valence electrons. The number of rotatable bonds is 11. The van der Waals surface area contributed by atoms with E-state index in [1.165, 1.54) is 19.3 Å². The number of hydrogen-bond acceptors (Lipinski definition) is 4. The van der Waals surface area contributed by atoms with Gasteiger partial charge in [-0.2, -0.15) is 0 Å². The number of hydrogen-bond donors (Lipinski definition) is 2. The third-order valence-electron chi connectivity index (χ3n) is 6.66. The quantitative estimate of drug-likeness (QED) is 0.200. The van der Waals surface area contributed by atoms with Crippen LogP contribution in [0.5, 0.6) is 0 Å². The van der Waals surface area contributed by atoms with Crippen molar-refractivity contribution < 1.29 is 19.7 Å². The third-order valence-corrected chi connectivity index (χ3v) is 7.16. The summed E-state index contributed by atoms with van der Waals surface area (Å²) >= 11 is 6.54. The van der Waals surface area contributed by atoms with Crippen molar-refractivity contribution in [3.63, 3.8) is 0 Å². The van der Waals surface area contributed by atoms with E-state index in [1.807, 2.05) is 13.8 Å². The number of carbonyl (C=O) groups excluding carboxylic acids is 1. The summed E-state index contributed by atoms with van der Waals surface area (Å²) in [5.41, 5.74) is 0. The Balaban J connectivity index is 1.72. The Labute approximate surface area is 182 Å². The molecule has 5 atom stereocenters. The second-order valence-electron chi connectivity index (χ2n) is 9.33. The van der Waals surface area contributed by atoms with Gasteiger partial charge in [0.25, 0.3) is 0 Å². The number of aliphatic hydroxyl groups is 2. The number of aliphatic hydroxyl groups excluding tert-OH is 2. The van der Waals surface area contributed by atoms with Crippen LogP contribution in [-0.2, 0) is 9.53 Å². The van der Waals surface area contributed by atoms with Crippen LogP contribution in [0.25, 0.3) is 0 Å². The molecule has 2 rings (SSSR count). The van der Waals surface area contributed by atoms with Crippen molar-refractivity contribution >= 4 is 17.6 Å². The standard InChI is InChI=1S/C24H41ClO4/c1-17(2)29-24(28)13-9-4-3-8-12-19-20(23(27)16-21(19)25)14-15-22(26)18-10-6-5-7-11-18/h3,8,17-23,26-27H,4-7,9-16H2,1-2H3/b8-3-/t19-,20-,21-,22-,23-/m1/s1. The van der Waals surface area contributed by atoms with Gasteiger partial charge in [-0.25, -0.2) is 0 Å². The first kappa shape index (κ1) is 24.7. The van der Waals surface area contributed by atoms with E-state index < -0.39 is 0 Å². The zero-order chi connectivity index (χ0) is 21.2. The van der Waals surface area contributed by atoms with Gasteiger partial charge in [0.05, 0.1) is 18.3 Å². The molecule has 2 aliphatic rings. The average molecular weight is 429 g/mol. The molecular formula is C24H41ClO4. The van der Waals surface area contributed by atoms with Crippen LogP contribution >= 0.6 is 11.6 Å². The lowest BCUT2D eigenvalue weighted by molar-refractivity contribution is -0.147. The molecule has 0 aromatic heterocycles. The molecule has 2 fully saturated rings. The molecule has 2 saturated carbocycles. The molecule has 0 saturated heterocycles. The maximum Gasteiger partial charge on any atom is 0.306 e. The summed E-state index contributed by atoms with van der Waals surface area (Å²) in [4.78, 5) is 11.5. The Kier molecular flexibility index (Phi) is 11.0. The van der Waals surface area contributed by atoms with Crippen LogP contribution in [0.1, 0.15) is 90.9 Å². The van der Waals surface area contributed by atoms with Gasteiger partial charge in [0.15, 0.2) is 0 Å². The Morgan fingerprint density at radius 1 is 1.17 bits per heavy atom. The summed E-state index contributed by atoms with van der Waals surface area (Å²) in [6, 6.07) is 0. The van der Waals surface area contributed by atoms with Crippen molar-refractivity contribution in [1.82, 2.24) is 0 Å². The van der Waals surface area contributed by atoms with Gasteiger partial charge in [0.2, 0.25) is 0 Å². The first-order chi connectivity index (χ1) is 13.9. The fourth-order valence-electron chi connectivity index (χ4n) is 5.04. The van der Waals surface area contributed by atoms with Crippen LogP contribution in [0.2, 0.25) is 0 Å². The molecule has 0 unspecified atom stereocenters. The van der Waals surface area contributed by atoms with Crippen LogP contribution < -0.4 is 0 Å². The largest absolute Gasteiger partial charge is 0.463 e. The van der Waals surface area contributed by atoms with E-state index in [9.17, 15) is 15.0 Å². The highest BCUT2D eigenvalue weighted by atomic mass is 35.5. The van der Waals surface area contributed by atoms with Gasteiger partial charge in [0, 0.05) is 11.8 Å². The summed E-state index contributed by atoms with van der Waals surface area (Å²) in [7, 11) is 0. The Morgan fingerprint density at radius 2 is 1.90 bits per heavy atom. The molecular weight excluding hydrogens is 388 g/mol. The van der Waals surface area contributed by atoms with Crippen molar-refractivity contribution in [2.45, 2.75) is 115 Å². The van der Waals surface area contributed by atoms with Crippen molar-refractivity contribution in [1.29, 1.82) is 0 Å². The van der Waals surface area contributed by atoms with Gasteiger partial charge in [-0.1, -0.05) is 31.4 Å². The maximum absolute atomic E-state index is 11.5. The molecule has 2 aliphatic carbocycles. The molecule has 2 N–H and O–H groups in total. The van der Waals surface area contributed by atoms with E-state index in [2.05, 4.69) is 12.2 Å². The highest BCUT2D eigenvalue weighted by molar-refractivity contribution is 6.21. The Bertz CT molecular complexity index is 501. The van der Waals surface area contributed by atoms with E-state index in [0.717, 1.165) is 44.9 Å². The lowest BCUT2D eigenvalue weighted by atomic mass is 9.81. The fourth-order valence-corrected chi connectivity index (χ4v) is 5.51. The lowest BCUT2D eigenvalue weighted by Crippen LogP contribution is -2.26. The zero-order valence-electron chi connectivity index (χ0n) is 18.3. The predicted molar refractivity (Wildman–Crippen MR) is 118 cm³/mol. The second-order valence-corrected chi connectivity index (χ2v) is 9.89. The number of ether oxygens (including phenoxy) is 1. The molecule has 0 heterocycles. The van der Waals surface area contributed by atoms with E-state index in [-0.39, 0.29) is 41.5 Å². The van der Waals surface area contributed by atoms with Gasteiger partial charge in [-0.15, -0.1) is 11.6 Å². The molecule has 0 aromatic carbocycles. The van der Waals surface area contributed by atoms with Crippen LogP contribution in [0.4, 0.5) is 0 Å². The molecule has 0 spiro atoms. The third kappa shape index (κ3) is 8.59. The minimum Gasteiger partial charge on any atom is -0.463 e. The minimum atomic E-state index is -0.361. The van der Waals surface area contributed by atoms with Crippen molar-refractivity contribution in [3.8, 4) is 0 Å². The first-order valence-corrected chi connectivity index (χ1v) is 12.2. The molecule has 0 radical (unpaired) electrons. The first-order valence-electron chi connectivity index (χ1n) is 11.7. The van der Waals surface area contributed by atoms with E-state index in [4.69, 9.17) is 16.3 Å². The van der Waals surface area contributed by atoms with Gasteiger partial charge < -0.3 is 14.9 Å². The second kappa shape index (κ2) is 13.0. The monoisotopic (exact) mass is 428 g/mol. The number of allylic oxidation sites excluding steroid dienone is 2. The minimum absolute atomic E-state index is 0.00695. The molecule has 29 heavy (non-hydrogen) atoms. The number of unbranched alkanes of at least 4 members (excludes halogenated alkanes) is 1. The van der Waals surface area contributed by atoms with Gasteiger partial charge >= 0.3 is 5.97 Å². The molecule has 0 bridgehead atoms. The van der Waals surface area contributed by atoms with Crippen LogP contribution in [0.15, 0.2) is 12.2 Å². The van der Waals surface area contributed by atoms with Gasteiger partial charge in [-0.05, 0) is 83.0 Å². The molecule has 0 aliphatic heterocycles. The normalized spacial score (nSPS) is 29.6.